The van der Waals surface area contributed by atoms with Gasteiger partial charge in [0.15, 0.2) is 5.82 Å². The van der Waals surface area contributed by atoms with Crippen LogP contribution in [0.1, 0.15) is 11.6 Å². The number of hydrogen-bond acceptors (Lipinski definition) is 3. The van der Waals surface area contributed by atoms with Crippen molar-refractivity contribution in [1.29, 1.82) is 0 Å². The fourth-order valence-electron chi connectivity index (χ4n) is 1.69. The van der Waals surface area contributed by atoms with Gasteiger partial charge in [-0.25, -0.2) is 22.5 Å². The van der Waals surface area contributed by atoms with Gasteiger partial charge in [-0.3, -0.25) is 0 Å². The van der Waals surface area contributed by atoms with Gasteiger partial charge in [0.05, 0.1) is 6.04 Å². The van der Waals surface area contributed by atoms with Crippen molar-refractivity contribution >= 4 is 21.6 Å². The Kier molecular flexibility index (Phi) is 4.69. The molecule has 1 unspecified atom stereocenters. The second-order valence-corrected chi connectivity index (χ2v) is 5.97. The molecule has 1 aromatic heterocycles. The summed E-state index contributed by atoms with van der Waals surface area (Å²) in [4.78, 5) is 3.56. The lowest BCUT2D eigenvalue weighted by Gasteiger charge is -2.16. The molecule has 4 nitrogen and oxygen atoms in total. The van der Waals surface area contributed by atoms with Gasteiger partial charge in [0.1, 0.15) is 0 Å². The van der Waals surface area contributed by atoms with Crippen LogP contribution in [0.3, 0.4) is 0 Å². The van der Waals surface area contributed by atoms with Crippen molar-refractivity contribution in [2.45, 2.75) is 11.1 Å². The number of nitrogens with one attached hydrogen (secondary N) is 1. The fourth-order valence-corrected chi connectivity index (χ4v) is 3.26. The second-order valence-electron chi connectivity index (χ2n) is 4.03. The van der Waals surface area contributed by atoms with Gasteiger partial charge in [-0.2, -0.15) is 0 Å². The van der Waals surface area contributed by atoms with Crippen LogP contribution in [0, 0.1) is 5.82 Å². The van der Waals surface area contributed by atoms with Crippen molar-refractivity contribution in [3.8, 4) is 0 Å². The Morgan fingerprint density at radius 3 is 2.50 bits per heavy atom. The Balaban J connectivity index is 2.30. The lowest BCUT2D eigenvalue weighted by molar-refractivity contribution is 0.536. The normalized spacial score (nSPS) is 13.1. The number of nitrogens with zero attached hydrogens (tertiary/aromatic N) is 1. The number of sulfonamides is 1. The third-order valence-corrected chi connectivity index (χ3v) is 4.35. The summed E-state index contributed by atoms with van der Waals surface area (Å²) >= 11 is 5.79. The van der Waals surface area contributed by atoms with E-state index in [4.69, 9.17) is 11.6 Å². The van der Waals surface area contributed by atoms with Crippen molar-refractivity contribution in [3.05, 3.63) is 60.0 Å². The SMILES string of the molecule is O=S(=O)(NC(CCl)c1ccccc1)c1ncccc1F. The molecule has 0 aliphatic heterocycles. The fraction of sp³-hybridized carbons (Fsp3) is 0.154. The van der Waals surface area contributed by atoms with E-state index in [9.17, 15) is 12.8 Å². The van der Waals surface area contributed by atoms with E-state index in [0.717, 1.165) is 6.07 Å². The summed E-state index contributed by atoms with van der Waals surface area (Å²) in [5.41, 5.74) is 0.697. The van der Waals surface area contributed by atoms with Gasteiger partial charge in [-0.1, -0.05) is 30.3 Å². The highest BCUT2D eigenvalue weighted by Gasteiger charge is 2.24. The van der Waals surface area contributed by atoms with E-state index >= 15 is 0 Å². The van der Waals surface area contributed by atoms with Crippen LogP contribution in [0.15, 0.2) is 53.7 Å². The molecule has 0 spiro atoms. The molecule has 2 rings (SSSR count). The minimum atomic E-state index is -4.07. The molecule has 0 aliphatic carbocycles. The van der Waals surface area contributed by atoms with Gasteiger partial charge in [0.2, 0.25) is 5.03 Å². The zero-order valence-electron chi connectivity index (χ0n) is 10.3. The Bertz CT molecular complexity index is 680. The molecule has 1 N–H and O–H groups in total. The van der Waals surface area contributed by atoms with E-state index in [2.05, 4.69) is 9.71 Å². The number of benzene rings is 1. The van der Waals surface area contributed by atoms with Gasteiger partial charge in [-0.05, 0) is 17.7 Å². The van der Waals surface area contributed by atoms with Crippen molar-refractivity contribution in [2.75, 3.05) is 5.88 Å². The number of halogens is 2. The third kappa shape index (κ3) is 3.33. The Hall–Kier alpha value is -1.50. The number of alkyl halides is 1. The summed E-state index contributed by atoms with van der Waals surface area (Å²) < 4.78 is 40.1. The Labute approximate surface area is 121 Å². The van der Waals surface area contributed by atoms with Crippen LogP contribution in [0.2, 0.25) is 0 Å². The largest absolute Gasteiger partial charge is 0.261 e. The molecule has 106 valence electrons. The zero-order valence-corrected chi connectivity index (χ0v) is 11.9. The van der Waals surface area contributed by atoms with Gasteiger partial charge < -0.3 is 0 Å². The quantitative estimate of drug-likeness (QED) is 0.863. The molecule has 1 atom stereocenters. The number of hydrogen-bond donors (Lipinski definition) is 1. The van der Waals surface area contributed by atoms with Gasteiger partial charge in [0.25, 0.3) is 10.0 Å². The molecule has 1 heterocycles. The highest BCUT2D eigenvalue weighted by atomic mass is 35.5. The van der Waals surface area contributed by atoms with Crippen LogP contribution < -0.4 is 4.72 Å². The predicted molar refractivity (Wildman–Crippen MR) is 74.4 cm³/mol. The van der Waals surface area contributed by atoms with Crippen LogP contribution in [0.5, 0.6) is 0 Å². The average Bonchev–Trinajstić information content (AvgIpc) is 2.46. The van der Waals surface area contributed by atoms with Crippen molar-refractivity contribution in [1.82, 2.24) is 9.71 Å². The van der Waals surface area contributed by atoms with Gasteiger partial charge in [-0.15, -0.1) is 11.6 Å². The Morgan fingerprint density at radius 1 is 1.20 bits per heavy atom. The van der Waals surface area contributed by atoms with Crippen LogP contribution >= 0.6 is 11.6 Å². The maximum atomic E-state index is 13.5. The van der Waals surface area contributed by atoms with Crippen LogP contribution in [-0.4, -0.2) is 19.3 Å². The number of pyridine rings is 1. The highest BCUT2D eigenvalue weighted by Crippen LogP contribution is 2.18. The van der Waals surface area contributed by atoms with E-state index in [1.54, 1.807) is 24.3 Å². The number of aromatic nitrogens is 1. The van der Waals surface area contributed by atoms with E-state index in [-0.39, 0.29) is 5.88 Å². The maximum absolute atomic E-state index is 13.5. The first kappa shape index (κ1) is 14.9. The van der Waals surface area contributed by atoms with Crippen LogP contribution in [0.4, 0.5) is 4.39 Å². The number of rotatable bonds is 5. The summed E-state index contributed by atoms with van der Waals surface area (Å²) in [6, 6.07) is 10.5. The molecule has 0 amide bonds. The minimum Gasteiger partial charge on any atom is -0.241 e. The monoisotopic (exact) mass is 314 g/mol. The summed E-state index contributed by atoms with van der Waals surface area (Å²) in [7, 11) is -4.07. The highest BCUT2D eigenvalue weighted by molar-refractivity contribution is 7.89. The van der Waals surface area contributed by atoms with E-state index in [1.807, 2.05) is 6.07 Å². The van der Waals surface area contributed by atoms with Gasteiger partial charge >= 0.3 is 0 Å². The topological polar surface area (TPSA) is 59.1 Å². The van der Waals surface area contributed by atoms with Gasteiger partial charge in [0, 0.05) is 12.1 Å². The molecule has 2 aromatic rings. The predicted octanol–water partition coefficient (Wildman–Crippen LogP) is 2.48. The third-order valence-electron chi connectivity index (χ3n) is 2.63. The molecule has 0 saturated carbocycles. The summed E-state index contributed by atoms with van der Waals surface area (Å²) in [6.45, 7) is 0. The molecular weight excluding hydrogens is 303 g/mol. The summed E-state index contributed by atoms with van der Waals surface area (Å²) in [5.74, 6) is -0.876. The van der Waals surface area contributed by atoms with E-state index < -0.39 is 26.9 Å². The standard InChI is InChI=1S/C13H12ClFN2O2S/c14-9-12(10-5-2-1-3-6-10)17-20(18,19)13-11(15)7-4-8-16-13/h1-8,12,17H,9H2. The molecule has 1 aromatic carbocycles. The summed E-state index contributed by atoms with van der Waals surface area (Å²) in [5, 5.41) is -0.633. The first-order valence-electron chi connectivity index (χ1n) is 5.78. The first-order chi connectivity index (χ1) is 9.54. The lowest BCUT2D eigenvalue weighted by Crippen LogP contribution is -2.31. The maximum Gasteiger partial charge on any atom is 0.261 e. The Morgan fingerprint density at radius 2 is 1.90 bits per heavy atom. The van der Waals surface area contributed by atoms with E-state index in [0.29, 0.717) is 5.56 Å². The molecular formula is C13H12ClFN2O2S. The van der Waals surface area contributed by atoms with Crippen molar-refractivity contribution < 1.29 is 12.8 Å². The molecule has 0 fully saturated rings. The van der Waals surface area contributed by atoms with Crippen molar-refractivity contribution in [2.24, 2.45) is 0 Å². The molecule has 0 aliphatic rings. The molecule has 7 heteroatoms. The minimum absolute atomic E-state index is 0.0255. The van der Waals surface area contributed by atoms with Crippen LogP contribution in [-0.2, 0) is 10.0 Å². The first-order valence-corrected chi connectivity index (χ1v) is 7.80. The zero-order chi connectivity index (χ0) is 14.6. The van der Waals surface area contributed by atoms with E-state index in [1.165, 1.54) is 12.3 Å². The van der Waals surface area contributed by atoms with Crippen LogP contribution in [0.25, 0.3) is 0 Å². The molecule has 20 heavy (non-hydrogen) atoms. The molecule has 0 bridgehead atoms. The second kappa shape index (κ2) is 6.30. The smallest absolute Gasteiger partial charge is 0.241 e. The summed E-state index contributed by atoms with van der Waals surface area (Å²) in [6.07, 6.45) is 1.22. The van der Waals surface area contributed by atoms with Crippen molar-refractivity contribution in [3.63, 3.8) is 0 Å². The lowest BCUT2D eigenvalue weighted by atomic mass is 10.1. The molecule has 0 saturated heterocycles. The average molecular weight is 315 g/mol. The molecule has 0 radical (unpaired) electrons.